The molecule has 0 fully saturated rings. The molecule has 0 bridgehead atoms. The van der Waals surface area contributed by atoms with E-state index in [1.54, 1.807) is 51.1 Å². The van der Waals surface area contributed by atoms with Crippen molar-refractivity contribution in [3.63, 3.8) is 0 Å². The zero-order chi connectivity index (χ0) is 15.5. The standard InChI is InChI=1S/C16H17FN2O2/c1-16(2,3)21-15(20)19-14-10-11(8-9-18-14)12-6-4-5-7-13(12)17/h4-10H,1-3H3,(H,18,19,20). The highest BCUT2D eigenvalue weighted by atomic mass is 19.1. The third-order valence-electron chi connectivity index (χ3n) is 2.57. The molecule has 0 saturated heterocycles. The maximum Gasteiger partial charge on any atom is 0.413 e. The van der Waals surface area contributed by atoms with Gasteiger partial charge < -0.3 is 4.74 Å². The topological polar surface area (TPSA) is 51.2 Å². The monoisotopic (exact) mass is 288 g/mol. The molecule has 0 aliphatic carbocycles. The molecule has 0 unspecified atom stereocenters. The first-order valence-corrected chi connectivity index (χ1v) is 6.56. The third-order valence-corrected chi connectivity index (χ3v) is 2.57. The molecule has 0 radical (unpaired) electrons. The molecular weight excluding hydrogens is 271 g/mol. The highest BCUT2D eigenvalue weighted by Crippen LogP contribution is 2.24. The summed E-state index contributed by atoms with van der Waals surface area (Å²) in [6.45, 7) is 5.32. The molecule has 2 rings (SSSR count). The van der Waals surface area contributed by atoms with E-state index in [1.807, 2.05) is 0 Å². The van der Waals surface area contributed by atoms with Gasteiger partial charge in [-0.05, 0) is 44.5 Å². The number of anilines is 1. The smallest absolute Gasteiger partial charge is 0.413 e. The van der Waals surface area contributed by atoms with Crippen molar-refractivity contribution in [1.82, 2.24) is 4.98 Å². The number of carbonyl (C=O) groups excluding carboxylic acids is 1. The number of aromatic nitrogens is 1. The maximum absolute atomic E-state index is 13.8. The van der Waals surface area contributed by atoms with Crippen molar-refractivity contribution in [2.24, 2.45) is 0 Å². The predicted octanol–water partition coefficient (Wildman–Crippen LogP) is 4.23. The molecule has 110 valence electrons. The van der Waals surface area contributed by atoms with Crippen LogP contribution in [0.15, 0.2) is 42.6 Å². The lowest BCUT2D eigenvalue weighted by atomic mass is 10.1. The molecule has 1 aromatic carbocycles. The molecule has 21 heavy (non-hydrogen) atoms. The molecule has 1 N–H and O–H groups in total. The van der Waals surface area contributed by atoms with Gasteiger partial charge in [0.1, 0.15) is 17.2 Å². The summed E-state index contributed by atoms with van der Waals surface area (Å²) in [6.07, 6.45) is 0.912. The fourth-order valence-corrected chi connectivity index (χ4v) is 1.77. The first-order valence-electron chi connectivity index (χ1n) is 6.56. The van der Waals surface area contributed by atoms with Gasteiger partial charge >= 0.3 is 6.09 Å². The van der Waals surface area contributed by atoms with E-state index in [0.717, 1.165) is 0 Å². The van der Waals surface area contributed by atoms with Crippen molar-refractivity contribution in [2.75, 3.05) is 5.32 Å². The van der Waals surface area contributed by atoms with Crippen LogP contribution < -0.4 is 5.32 Å². The Morgan fingerprint density at radius 3 is 2.62 bits per heavy atom. The summed E-state index contributed by atoms with van der Waals surface area (Å²) < 4.78 is 18.9. The van der Waals surface area contributed by atoms with Crippen molar-refractivity contribution >= 4 is 11.9 Å². The van der Waals surface area contributed by atoms with Gasteiger partial charge in [0.2, 0.25) is 0 Å². The number of amides is 1. The van der Waals surface area contributed by atoms with Crippen LogP contribution in [0.4, 0.5) is 15.0 Å². The Balaban J connectivity index is 2.19. The molecule has 1 aromatic heterocycles. The molecule has 1 amide bonds. The second-order valence-electron chi connectivity index (χ2n) is 5.54. The minimum Gasteiger partial charge on any atom is -0.444 e. The summed E-state index contributed by atoms with van der Waals surface area (Å²) in [5.74, 6) is -0.0167. The number of ether oxygens (including phenoxy) is 1. The number of pyridine rings is 1. The highest BCUT2D eigenvalue weighted by Gasteiger charge is 2.16. The van der Waals surface area contributed by atoms with Crippen LogP contribution in [0.1, 0.15) is 20.8 Å². The second kappa shape index (κ2) is 5.91. The van der Waals surface area contributed by atoms with Crippen LogP contribution >= 0.6 is 0 Å². The van der Waals surface area contributed by atoms with Gasteiger partial charge in [-0.2, -0.15) is 0 Å². The summed E-state index contributed by atoms with van der Waals surface area (Å²) in [5.41, 5.74) is 0.494. The SMILES string of the molecule is CC(C)(C)OC(=O)Nc1cc(-c2ccccc2F)ccn1. The van der Waals surface area contributed by atoms with Gasteiger partial charge in [-0.15, -0.1) is 0 Å². The summed E-state index contributed by atoms with van der Waals surface area (Å²) in [5, 5.41) is 2.53. The van der Waals surface area contributed by atoms with Crippen molar-refractivity contribution in [3.05, 3.63) is 48.4 Å². The quantitative estimate of drug-likeness (QED) is 0.899. The van der Waals surface area contributed by atoms with E-state index in [1.165, 1.54) is 12.3 Å². The van der Waals surface area contributed by atoms with Gasteiger partial charge in [-0.25, -0.2) is 14.2 Å². The van der Waals surface area contributed by atoms with Gasteiger partial charge in [0.25, 0.3) is 0 Å². The summed E-state index contributed by atoms with van der Waals surface area (Å²) in [4.78, 5) is 15.7. The number of benzene rings is 1. The number of halogens is 1. The average Bonchev–Trinajstić information content (AvgIpc) is 2.37. The van der Waals surface area contributed by atoms with Gasteiger partial charge in [-0.1, -0.05) is 18.2 Å². The molecule has 5 heteroatoms. The van der Waals surface area contributed by atoms with Crippen molar-refractivity contribution in [1.29, 1.82) is 0 Å². The fraction of sp³-hybridized carbons (Fsp3) is 0.250. The van der Waals surface area contributed by atoms with E-state index in [2.05, 4.69) is 10.3 Å². The molecule has 0 spiro atoms. The van der Waals surface area contributed by atoms with E-state index < -0.39 is 11.7 Å². The Hall–Kier alpha value is -2.43. The predicted molar refractivity (Wildman–Crippen MR) is 79.5 cm³/mol. The van der Waals surface area contributed by atoms with Gasteiger partial charge in [0.15, 0.2) is 0 Å². The van der Waals surface area contributed by atoms with E-state index in [4.69, 9.17) is 4.74 Å². The van der Waals surface area contributed by atoms with Crippen LogP contribution in [0.5, 0.6) is 0 Å². The highest BCUT2D eigenvalue weighted by molar-refractivity contribution is 5.84. The molecule has 0 atom stereocenters. The lowest BCUT2D eigenvalue weighted by Gasteiger charge is -2.19. The number of nitrogens with one attached hydrogen (secondary N) is 1. The Labute approximate surface area is 123 Å². The molecule has 4 nitrogen and oxygen atoms in total. The van der Waals surface area contributed by atoms with Crippen LogP contribution in [0.25, 0.3) is 11.1 Å². The lowest BCUT2D eigenvalue weighted by molar-refractivity contribution is 0.0635. The van der Waals surface area contributed by atoms with Crippen LogP contribution in [-0.4, -0.2) is 16.7 Å². The molecular formula is C16H17FN2O2. The molecule has 2 aromatic rings. The first-order chi connectivity index (χ1) is 9.85. The molecule has 1 heterocycles. The van der Waals surface area contributed by atoms with Crippen LogP contribution in [0.2, 0.25) is 0 Å². The number of rotatable bonds is 2. The van der Waals surface area contributed by atoms with Crippen LogP contribution in [0, 0.1) is 5.82 Å². The van der Waals surface area contributed by atoms with Crippen molar-refractivity contribution in [3.8, 4) is 11.1 Å². The molecule has 0 saturated carbocycles. The third kappa shape index (κ3) is 4.27. The van der Waals surface area contributed by atoms with E-state index >= 15 is 0 Å². The first kappa shape index (κ1) is 15.0. The number of nitrogens with zero attached hydrogens (tertiary/aromatic N) is 1. The Bertz CT molecular complexity index is 651. The Morgan fingerprint density at radius 2 is 1.95 bits per heavy atom. The zero-order valence-electron chi connectivity index (χ0n) is 12.2. The number of hydrogen-bond donors (Lipinski definition) is 1. The lowest BCUT2D eigenvalue weighted by Crippen LogP contribution is -2.27. The Kier molecular flexibility index (Phi) is 4.21. The normalized spacial score (nSPS) is 11.0. The molecule has 0 aliphatic rings. The Morgan fingerprint density at radius 1 is 1.24 bits per heavy atom. The van der Waals surface area contributed by atoms with E-state index in [9.17, 15) is 9.18 Å². The summed E-state index contributed by atoms with van der Waals surface area (Å²) >= 11 is 0. The van der Waals surface area contributed by atoms with Crippen molar-refractivity contribution in [2.45, 2.75) is 26.4 Å². The van der Waals surface area contributed by atoms with E-state index in [-0.39, 0.29) is 5.82 Å². The maximum atomic E-state index is 13.8. The zero-order valence-corrected chi connectivity index (χ0v) is 12.2. The second-order valence-corrected chi connectivity index (χ2v) is 5.54. The van der Waals surface area contributed by atoms with Gasteiger partial charge in [0.05, 0.1) is 0 Å². The van der Waals surface area contributed by atoms with Crippen LogP contribution in [-0.2, 0) is 4.74 Å². The number of carbonyl (C=O) groups is 1. The van der Waals surface area contributed by atoms with E-state index in [0.29, 0.717) is 16.9 Å². The summed E-state index contributed by atoms with van der Waals surface area (Å²) in [6, 6.07) is 9.71. The van der Waals surface area contributed by atoms with Gasteiger partial charge in [0, 0.05) is 11.8 Å². The van der Waals surface area contributed by atoms with Gasteiger partial charge in [-0.3, -0.25) is 5.32 Å². The fourth-order valence-electron chi connectivity index (χ4n) is 1.77. The minimum absolute atomic E-state index is 0.310. The minimum atomic E-state index is -0.597. The van der Waals surface area contributed by atoms with Crippen molar-refractivity contribution < 1.29 is 13.9 Å². The average molecular weight is 288 g/mol. The number of hydrogen-bond acceptors (Lipinski definition) is 3. The molecule has 0 aliphatic heterocycles. The van der Waals surface area contributed by atoms with Crippen LogP contribution in [0.3, 0.4) is 0 Å². The largest absolute Gasteiger partial charge is 0.444 e. The summed E-state index contributed by atoms with van der Waals surface area (Å²) in [7, 11) is 0.